The molecule has 0 heterocycles. The number of rotatable bonds is 2. The number of carbonyl (C=O) groups is 2. The molecule has 0 amide bonds. The van der Waals surface area contributed by atoms with E-state index in [2.05, 4.69) is 0 Å². The summed E-state index contributed by atoms with van der Waals surface area (Å²) in [5.41, 5.74) is 0. The Morgan fingerprint density at radius 3 is 1.88 bits per heavy atom. The van der Waals surface area contributed by atoms with Gasteiger partial charge < -0.3 is 9.90 Å². The molecule has 0 aliphatic rings. The molecule has 0 rings (SSSR count). The SMILES string of the molecule is CC(=O)[CH-]C(=O)O.[Y]. The summed E-state index contributed by atoms with van der Waals surface area (Å²) in [5.74, 6) is -1.62. The van der Waals surface area contributed by atoms with E-state index in [0.717, 1.165) is 0 Å². The normalized spacial score (nSPS) is 6.62. The van der Waals surface area contributed by atoms with Crippen molar-refractivity contribution in [3.05, 3.63) is 6.42 Å². The molecule has 8 heavy (non-hydrogen) atoms. The van der Waals surface area contributed by atoms with Crippen molar-refractivity contribution in [3.8, 4) is 0 Å². The minimum atomic E-state index is -1.19. The topological polar surface area (TPSA) is 54.4 Å². The smallest absolute Gasteiger partial charge is 0.170 e. The Kier molecular flexibility index (Phi) is 7.22. The first kappa shape index (κ1) is 11.0. The van der Waals surface area contributed by atoms with E-state index in [9.17, 15) is 9.59 Å². The molecule has 0 aliphatic heterocycles. The summed E-state index contributed by atoms with van der Waals surface area (Å²) < 4.78 is 0. The maximum Gasteiger partial charge on any atom is 0.170 e. The fourth-order valence-corrected chi connectivity index (χ4v) is 0.174. The van der Waals surface area contributed by atoms with Crippen molar-refractivity contribution in [1.82, 2.24) is 0 Å². The van der Waals surface area contributed by atoms with E-state index in [4.69, 9.17) is 5.11 Å². The van der Waals surface area contributed by atoms with Gasteiger partial charge in [0.25, 0.3) is 0 Å². The minimum absolute atomic E-state index is 0. The molecule has 43 valence electrons. The van der Waals surface area contributed by atoms with Gasteiger partial charge in [-0.05, 0) is 6.92 Å². The zero-order chi connectivity index (χ0) is 5.86. The van der Waals surface area contributed by atoms with Crippen LogP contribution in [0.15, 0.2) is 0 Å². The van der Waals surface area contributed by atoms with Crippen LogP contribution in [0.4, 0.5) is 0 Å². The van der Waals surface area contributed by atoms with Crippen molar-refractivity contribution in [2.45, 2.75) is 6.92 Å². The van der Waals surface area contributed by atoms with Gasteiger partial charge in [-0.25, -0.2) is 6.42 Å². The van der Waals surface area contributed by atoms with Gasteiger partial charge in [-0.1, -0.05) is 0 Å². The Labute approximate surface area is 72.3 Å². The summed E-state index contributed by atoms with van der Waals surface area (Å²) in [6.07, 6.45) is 0.611. The molecule has 0 fully saturated rings. The summed E-state index contributed by atoms with van der Waals surface area (Å²) >= 11 is 0. The van der Waals surface area contributed by atoms with E-state index in [-0.39, 0.29) is 32.7 Å². The Bertz CT molecular complexity index is 87.5. The molecule has 1 N–H and O–H groups in total. The van der Waals surface area contributed by atoms with Crippen LogP contribution in [0.2, 0.25) is 0 Å². The average molecular weight is 190 g/mol. The molecule has 0 aliphatic carbocycles. The molecule has 0 saturated carbocycles. The molecule has 0 saturated heterocycles. The average Bonchev–Trinajstić information content (AvgIpc) is 1.27. The fraction of sp³-hybridized carbons (Fsp3) is 0.250. The van der Waals surface area contributed by atoms with Crippen molar-refractivity contribution in [1.29, 1.82) is 0 Å². The van der Waals surface area contributed by atoms with E-state index in [0.29, 0.717) is 6.42 Å². The molecule has 0 aromatic carbocycles. The number of carboxylic acid groups (broad SMARTS) is 1. The monoisotopic (exact) mass is 190 g/mol. The maximum atomic E-state index is 9.82. The number of ketones is 1. The molecule has 1 radical (unpaired) electrons. The van der Waals surface area contributed by atoms with Crippen LogP contribution in [0.5, 0.6) is 0 Å². The number of Topliss-reactive ketones (excluding diaryl/α,β-unsaturated/α-hetero) is 1. The molecule has 0 atom stereocenters. The van der Waals surface area contributed by atoms with Crippen LogP contribution in [0.1, 0.15) is 6.92 Å². The van der Waals surface area contributed by atoms with Gasteiger partial charge in [0.05, 0.1) is 0 Å². The fourth-order valence-electron chi connectivity index (χ4n) is 0.174. The van der Waals surface area contributed by atoms with Crippen molar-refractivity contribution < 1.29 is 47.4 Å². The Hall–Kier alpha value is 0.114. The van der Waals surface area contributed by atoms with Gasteiger partial charge in [-0.15, -0.1) is 0 Å². The summed E-state index contributed by atoms with van der Waals surface area (Å²) in [4.78, 5) is 19.4. The summed E-state index contributed by atoms with van der Waals surface area (Å²) in [7, 11) is 0. The third kappa shape index (κ3) is 9.45. The molecule has 0 spiro atoms. The second-order valence-corrected chi connectivity index (χ2v) is 1.09. The number of carboxylic acids is 1. The number of carbonyl (C=O) groups excluding carboxylic acids is 1. The van der Waals surface area contributed by atoms with Crippen LogP contribution in [0.3, 0.4) is 0 Å². The molecule has 0 bridgehead atoms. The third-order valence-electron chi connectivity index (χ3n) is 0.327. The quantitative estimate of drug-likeness (QED) is 0.487. The molecule has 4 heteroatoms. The third-order valence-corrected chi connectivity index (χ3v) is 0.327. The Morgan fingerprint density at radius 2 is 1.88 bits per heavy atom. The Morgan fingerprint density at radius 1 is 1.50 bits per heavy atom. The van der Waals surface area contributed by atoms with Gasteiger partial charge in [-0.2, -0.15) is 0 Å². The predicted octanol–water partition coefficient (Wildman–Crippen LogP) is -0.138. The maximum absolute atomic E-state index is 9.82. The molecular weight excluding hydrogens is 185 g/mol. The summed E-state index contributed by atoms with van der Waals surface area (Å²) in [6, 6.07) is 0. The second-order valence-electron chi connectivity index (χ2n) is 1.09. The van der Waals surface area contributed by atoms with Crippen LogP contribution in [0, 0.1) is 6.42 Å². The standard InChI is InChI=1S/C4H5O3.Y/c1-3(5)2-4(6)7;/h2H,1H3,(H,6,7);/q-1;. The van der Waals surface area contributed by atoms with Crippen molar-refractivity contribution in [3.63, 3.8) is 0 Å². The van der Waals surface area contributed by atoms with Gasteiger partial charge >= 0.3 is 0 Å². The first-order valence-corrected chi connectivity index (χ1v) is 1.71. The van der Waals surface area contributed by atoms with E-state index in [1.54, 1.807) is 0 Å². The second kappa shape index (κ2) is 5.25. The van der Waals surface area contributed by atoms with Gasteiger partial charge in [0.15, 0.2) is 5.97 Å². The first-order valence-electron chi connectivity index (χ1n) is 1.71. The van der Waals surface area contributed by atoms with Crippen molar-refractivity contribution in [2.75, 3.05) is 0 Å². The minimum Gasteiger partial charge on any atom is -0.503 e. The summed E-state index contributed by atoms with van der Waals surface area (Å²) in [5, 5.41) is 7.81. The number of hydrogen-bond donors (Lipinski definition) is 1. The first-order chi connectivity index (χ1) is 3.13. The number of hydrogen-bond acceptors (Lipinski definition) is 2. The molecule has 0 aromatic heterocycles. The van der Waals surface area contributed by atoms with Crippen molar-refractivity contribution >= 4 is 11.8 Å². The Balaban J connectivity index is 0. The van der Waals surface area contributed by atoms with Crippen LogP contribution in [-0.2, 0) is 42.3 Å². The van der Waals surface area contributed by atoms with Gasteiger partial charge in [0.1, 0.15) is 0 Å². The number of aliphatic carboxylic acids is 1. The van der Waals surface area contributed by atoms with Crippen LogP contribution < -0.4 is 0 Å². The molecule has 0 aromatic rings. The van der Waals surface area contributed by atoms with Crippen molar-refractivity contribution in [2.24, 2.45) is 0 Å². The van der Waals surface area contributed by atoms with Crippen LogP contribution in [0.25, 0.3) is 0 Å². The largest absolute Gasteiger partial charge is 0.503 e. The molecule has 3 nitrogen and oxygen atoms in total. The van der Waals surface area contributed by atoms with Crippen LogP contribution in [-0.4, -0.2) is 16.9 Å². The van der Waals surface area contributed by atoms with Crippen LogP contribution >= 0.6 is 0 Å². The summed E-state index contributed by atoms with van der Waals surface area (Å²) in [6.45, 7) is 1.19. The van der Waals surface area contributed by atoms with E-state index in [1.165, 1.54) is 6.92 Å². The molecule has 0 unspecified atom stereocenters. The van der Waals surface area contributed by atoms with Gasteiger partial charge in [0, 0.05) is 38.5 Å². The van der Waals surface area contributed by atoms with E-state index in [1.807, 2.05) is 0 Å². The molecular formula is C4H5O3Y-. The van der Waals surface area contributed by atoms with Gasteiger partial charge in [0.2, 0.25) is 0 Å². The zero-order valence-corrected chi connectivity index (χ0v) is 7.26. The van der Waals surface area contributed by atoms with E-state index < -0.39 is 11.8 Å². The van der Waals surface area contributed by atoms with Gasteiger partial charge in [-0.3, -0.25) is 4.79 Å². The predicted molar refractivity (Wildman–Crippen MR) is 22.6 cm³/mol. The zero-order valence-electron chi connectivity index (χ0n) is 4.42. The van der Waals surface area contributed by atoms with E-state index >= 15 is 0 Å².